The average Bonchev–Trinajstić information content (AvgIpc) is 2.61. The van der Waals surface area contributed by atoms with Crippen molar-refractivity contribution in [3.63, 3.8) is 0 Å². The highest BCUT2D eigenvalue weighted by Gasteiger charge is 2.24. The zero-order valence-corrected chi connectivity index (χ0v) is 14.8. The average molecular weight is 350 g/mol. The van der Waals surface area contributed by atoms with Crippen LogP contribution in [0, 0.1) is 0 Å². The maximum Gasteiger partial charge on any atom is 0.243 e. The largest absolute Gasteiger partial charge is 0.497 e. The second-order valence-corrected chi connectivity index (χ2v) is 7.35. The lowest BCUT2D eigenvalue weighted by Crippen LogP contribution is -2.39. The van der Waals surface area contributed by atoms with Crippen molar-refractivity contribution in [2.24, 2.45) is 5.73 Å². The molecule has 0 radical (unpaired) electrons. The van der Waals surface area contributed by atoms with E-state index in [1.54, 1.807) is 50.4 Å². The molecule has 2 N–H and O–H groups in total. The molecule has 130 valence electrons. The Morgan fingerprint density at radius 3 is 1.92 bits per heavy atom. The summed E-state index contributed by atoms with van der Waals surface area (Å²) in [6.45, 7) is 2.02. The lowest BCUT2D eigenvalue weighted by molar-refractivity contribution is 0.394. The molecule has 0 heterocycles. The van der Waals surface area contributed by atoms with E-state index in [1.807, 2.05) is 0 Å². The Hall–Kier alpha value is -2.09. The summed E-state index contributed by atoms with van der Waals surface area (Å²) >= 11 is 0. The molecule has 0 aliphatic rings. The van der Waals surface area contributed by atoms with E-state index < -0.39 is 10.0 Å². The smallest absolute Gasteiger partial charge is 0.243 e. The molecule has 7 heteroatoms. The van der Waals surface area contributed by atoms with Crippen molar-refractivity contribution in [2.45, 2.75) is 17.9 Å². The Kier molecular flexibility index (Phi) is 5.82. The second kappa shape index (κ2) is 7.65. The Labute approximate surface area is 142 Å². The number of rotatable bonds is 7. The number of ether oxygens (including phenoxy) is 2. The van der Waals surface area contributed by atoms with Gasteiger partial charge in [0.05, 0.1) is 12.0 Å². The summed E-state index contributed by atoms with van der Waals surface area (Å²) in [7, 11) is -0.450. The molecule has 6 nitrogen and oxygen atoms in total. The van der Waals surface area contributed by atoms with E-state index in [0.29, 0.717) is 11.5 Å². The Morgan fingerprint density at radius 2 is 1.46 bits per heavy atom. The zero-order chi connectivity index (χ0) is 17.7. The van der Waals surface area contributed by atoms with Crippen LogP contribution >= 0.6 is 0 Å². The van der Waals surface area contributed by atoms with Crippen molar-refractivity contribution in [3.8, 4) is 17.2 Å². The van der Waals surface area contributed by atoms with Gasteiger partial charge in [-0.3, -0.25) is 0 Å². The molecule has 2 aromatic rings. The molecule has 0 saturated carbocycles. The van der Waals surface area contributed by atoms with Crippen LogP contribution in [-0.4, -0.2) is 39.5 Å². The zero-order valence-electron chi connectivity index (χ0n) is 14.0. The Balaban J connectivity index is 2.15. The van der Waals surface area contributed by atoms with Gasteiger partial charge in [-0.25, -0.2) is 8.42 Å². The SMILES string of the molecule is COc1ccc(Oc2ccc(S(=O)(=O)N(C)C(C)CN)cc2)cc1. The van der Waals surface area contributed by atoms with E-state index in [-0.39, 0.29) is 17.5 Å². The fourth-order valence-electron chi connectivity index (χ4n) is 2.01. The standard InChI is InChI=1S/C17H22N2O4S/c1-13(12-18)19(2)24(20,21)17-10-8-16(9-11-17)23-15-6-4-14(22-3)5-7-15/h4-11,13H,12,18H2,1-3H3. The molecule has 1 unspecified atom stereocenters. The minimum atomic E-state index is -3.57. The van der Waals surface area contributed by atoms with Crippen LogP contribution < -0.4 is 15.2 Å². The van der Waals surface area contributed by atoms with Crippen LogP contribution in [0.2, 0.25) is 0 Å². The van der Waals surface area contributed by atoms with E-state index in [4.69, 9.17) is 15.2 Å². The van der Waals surface area contributed by atoms with Crippen molar-refractivity contribution in [1.82, 2.24) is 4.31 Å². The van der Waals surface area contributed by atoms with Crippen molar-refractivity contribution in [2.75, 3.05) is 20.7 Å². The van der Waals surface area contributed by atoms with Crippen LogP contribution in [0.5, 0.6) is 17.2 Å². The number of sulfonamides is 1. The first kappa shape index (κ1) is 18.3. The number of nitrogens with two attached hydrogens (primary N) is 1. The second-order valence-electron chi connectivity index (χ2n) is 5.35. The number of hydrogen-bond donors (Lipinski definition) is 1. The molecular weight excluding hydrogens is 328 g/mol. The maximum absolute atomic E-state index is 12.5. The van der Waals surface area contributed by atoms with Gasteiger partial charge in [-0.2, -0.15) is 4.31 Å². The first-order valence-electron chi connectivity index (χ1n) is 7.48. The lowest BCUT2D eigenvalue weighted by atomic mass is 10.3. The highest BCUT2D eigenvalue weighted by atomic mass is 32.2. The molecule has 0 saturated heterocycles. The molecule has 24 heavy (non-hydrogen) atoms. The van der Waals surface area contributed by atoms with Gasteiger partial charge < -0.3 is 15.2 Å². The van der Waals surface area contributed by atoms with Gasteiger partial charge in [0, 0.05) is 19.6 Å². The predicted molar refractivity (Wildman–Crippen MR) is 93.0 cm³/mol. The maximum atomic E-state index is 12.5. The topological polar surface area (TPSA) is 81.9 Å². The molecule has 0 aliphatic heterocycles. The number of hydrogen-bond acceptors (Lipinski definition) is 5. The summed E-state index contributed by atoms with van der Waals surface area (Å²) < 4.78 is 37.0. The monoisotopic (exact) mass is 350 g/mol. The van der Waals surface area contributed by atoms with Gasteiger partial charge in [-0.05, 0) is 55.5 Å². The third kappa shape index (κ3) is 4.05. The van der Waals surface area contributed by atoms with E-state index >= 15 is 0 Å². The van der Waals surface area contributed by atoms with Crippen LogP contribution in [0.15, 0.2) is 53.4 Å². The number of nitrogens with zero attached hydrogens (tertiary/aromatic N) is 1. The molecule has 0 aromatic heterocycles. The molecule has 2 aromatic carbocycles. The van der Waals surface area contributed by atoms with Crippen LogP contribution in [0.3, 0.4) is 0 Å². The number of likely N-dealkylation sites (N-methyl/N-ethyl adjacent to an activating group) is 1. The molecule has 0 amide bonds. The van der Waals surface area contributed by atoms with E-state index in [9.17, 15) is 8.42 Å². The summed E-state index contributed by atoms with van der Waals surface area (Å²) in [6.07, 6.45) is 0. The van der Waals surface area contributed by atoms with Gasteiger partial charge in [-0.1, -0.05) is 0 Å². The third-order valence-electron chi connectivity index (χ3n) is 3.76. The summed E-state index contributed by atoms with van der Waals surface area (Å²) in [6, 6.07) is 13.2. The quantitative estimate of drug-likeness (QED) is 0.829. The van der Waals surface area contributed by atoms with Crippen molar-refractivity contribution < 1.29 is 17.9 Å². The van der Waals surface area contributed by atoms with Crippen molar-refractivity contribution in [3.05, 3.63) is 48.5 Å². The van der Waals surface area contributed by atoms with E-state index in [1.165, 1.54) is 23.5 Å². The van der Waals surface area contributed by atoms with Gasteiger partial charge in [0.25, 0.3) is 0 Å². The molecule has 1 atom stereocenters. The minimum Gasteiger partial charge on any atom is -0.497 e. The van der Waals surface area contributed by atoms with Crippen LogP contribution in [0.4, 0.5) is 0 Å². The number of methoxy groups -OCH3 is 1. The molecule has 0 fully saturated rings. The van der Waals surface area contributed by atoms with Crippen molar-refractivity contribution >= 4 is 10.0 Å². The van der Waals surface area contributed by atoms with Gasteiger partial charge in [0.1, 0.15) is 17.2 Å². The first-order chi connectivity index (χ1) is 11.4. The highest BCUT2D eigenvalue weighted by molar-refractivity contribution is 7.89. The Morgan fingerprint density at radius 1 is 1.00 bits per heavy atom. The summed E-state index contributed by atoms with van der Waals surface area (Å²) in [5.41, 5.74) is 5.54. The van der Waals surface area contributed by atoms with E-state index in [0.717, 1.165) is 5.75 Å². The van der Waals surface area contributed by atoms with E-state index in [2.05, 4.69) is 0 Å². The first-order valence-corrected chi connectivity index (χ1v) is 8.92. The summed E-state index contributed by atoms with van der Waals surface area (Å²) in [5.74, 6) is 1.93. The fourth-order valence-corrected chi connectivity index (χ4v) is 3.38. The van der Waals surface area contributed by atoms with Gasteiger partial charge >= 0.3 is 0 Å². The molecule has 0 spiro atoms. The molecule has 0 aliphatic carbocycles. The Bertz CT molecular complexity index is 758. The lowest BCUT2D eigenvalue weighted by Gasteiger charge is -2.23. The summed E-state index contributed by atoms with van der Waals surface area (Å²) in [4.78, 5) is 0.201. The highest BCUT2D eigenvalue weighted by Crippen LogP contribution is 2.25. The number of benzene rings is 2. The predicted octanol–water partition coefficient (Wildman–Crippen LogP) is 2.46. The molecular formula is C17H22N2O4S. The normalized spacial score (nSPS) is 12.9. The molecule has 0 bridgehead atoms. The van der Waals surface area contributed by atoms with Crippen LogP contribution in [0.25, 0.3) is 0 Å². The third-order valence-corrected chi connectivity index (χ3v) is 5.74. The minimum absolute atomic E-state index is 0.201. The van der Waals surface area contributed by atoms with Gasteiger partial charge in [0.15, 0.2) is 0 Å². The van der Waals surface area contributed by atoms with Gasteiger partial charge in [-0.15, -0.1) is 0 Å². The van der Waals surface area contributed by atoms with Crippen LogP contribution in [0.1, 0.15) is 6.92 Å². The summed E-state index contributed by atoms with van der Waals surface area (Å²) in [5, 5.41) is 0. The van der Waals surface area contributed by atoms with Crippen LogP contribution in [-0.2, 0) is 10.0 Å². The fraction of sp³-hybridized carbons (Fsp3) is 0.294. The molecule has 2 rings (SSSR count). The van der Waals surface area contributed by atoms with Crippen molar-refractivity contribution in [1.29, 1.82) is 0 Å². The van der Waals surface area contributed by atoms with Gasteiger partial charge in [0.2, 0.25) is 10.0 Å².